The second-order valence-electron chi connectivity index (χ2n) is 3.98. The van der Waals surface area contributed by atoms with E-state index in [1.54, 1.807) is 12.1 Å². The van der Waals surface area contributed by atoms with E-state index in [2.05, 4.69) is 20.5 Å². The van der Waals surface area contributed by atoms with Crippen LogP contribution in [0.1, 0.15) is 16.4 Å². The van der Waals surface area contributed by atoms with Crippen LogP contribution in [0.5, 0.6) is 0 Å². The highest BCUT2D eigenvalue weighted by atomic mass is 19.1. The van der Waals surface area contributed by atoms with Crippen LogP contribution in [0.15, 0.2) is 35.0 Å². The molecule has 7 nitrogen and oxygen atoms in total. The van der Waals surface area contributed by atoms with Crippen molar-refractivity contribution >= 4 is 6.29 Å². The molecule has 2 aromatic heterocycles. The molecule has 0 radical (unpaired) electrons. The highest BCUT2D eigenvalue weighted by Gasteiger charge is 2.10. The van der Waals surface area contributed by atoms with Gasteiger partial charge in [-0.3, -0.25) is 4.79 Å². The molecule has 0 aliphatic rings. The van der Waals surface area contributed by atoms with E-state index < -0.39 is 0 Å². The van der Waals surface area contributed by atoms with Gasteiger partial charge >= 0.3 is 0 Å². The lowest BCUT2D eigenvalue weighted by Crippen LogP contribution is -2.00. The van der Waals surface area contributed by atoms with Crippen LogP contribution in [-0.4, -0.2) is 31.4 Å². The molecule has 0 aliphatic carbocycles. The molecule has 0 aliphatic heterocycles. The topological polar surface area (TPSA) is 86.7 Å². The Morgan fingerprint density at radius 3 is 2.80 bits per heavy atom. The van der Waals surface area contributed by atoms with Gasteiger partial charge in [0, 0.05) is 5.56 Å². The number of carbonyl (C=O) groups excluding carboxylic acids is 1. The minimum absolute atomic E-state index is 0.203. The molecule has 0 fully saturated rings. The molecule has 0 saturated carbocycles. The summed E-state index contributed by atoms with van der Waals surface area (Å²) >= 11 is 0. The van der Waals surface area contributed by atoms with Gasteiger partial charge in [-0.25, -0.2) is 9.07 Å². The van der Waals surface area contributed by atoms with Gasteiger partial charge in [0.25, 0.3) is 0 Å². The van der Waals surface area contributed by atoms with E-state index in [0.29, 0.717) is 23.6 Å². The molecule has 0 bridgehead atoms. The van der Waals surface area contributed by atoms with Gasteiger partial charge in [-0.1, -0.05) is 10.4 Å². The van der Waals surface area contributed by atoms with Crippen molar-refractivity contribution < 1.29 is 13.7 Å². The lowest BCUT2D eigenvalue weighted by atomic mass is 10.2. The van der Waals surface area contributed by atoms with Crippen LogP contribution in [0.3, 0.4) is 0 Å². The van der Waals surface area contributed by atoms with Crippen LogP contribution in [0.2, 0.25) is 0 Å². The van der Waals surface area contributed by atoms with Crippen molar-refractivity contribution in [2.24, 2.45) is 0 Å². The van der Waals surface area contributed by atoms with Crippen molar-refractivity contribution in [2.75, 3.05) is 0 Å². The summed E-state index contributed by atoms with van der Waals surface area (Å²) in [4.78, 5) is 14.7. The largest absolute Gasteiger partial charge is 0.337 e. The number of hydrogen-bond donors (Lipinski definition) is 0. The van der Waals surface area contributed by atoms with Gasteiger partial charge in [-0.15, -0.1) is 5.10 Å². The first-order valence-corrected chi connectivity index (χ1v) is 5.68. The monoisotopic (exact) mass is 273 g/mol. The first-order chi connectivity index (χ1) is 9.74. The third-order valence-corrected chi connectivity index (χ3v) is 2.54. The van der Waals surface area contributed by atoms with Gasteiger partial charge in [0.05, 0.1) is 6.20 Å². The molecular weight excluding hydrogens is 265 g/mol. The highest BCUT2D eigenvalue weighted by molar-refractivity contribution is 5.70. The second-order valence-corrected chi connectivity index (χ2v) is 3.98. The summed E-state index contributed by atoms with van der Waals surface area (Å²) < 4.78 is 19.3. The molecule has 0 amide bonds. The minimum Gasteiger partial charge on any atom is -0.337 e. The average molecular weight is 273 g/mol. The second kappa shape index (κ2) is 5.00. The molecule has 100 valence electrons. The third kappa shape index (κ3) is 2.44. The van der Waals surface area contributed by atoms with E-state index in [0.717, 1.165) is 0 Å². The number of nitrogens with zero attached hydrogens (tertiary/aromatic N) is 5. The zero-order chi connectivity index (χ0) is 13.9. The molecule has 3 rings (SSSR count). The Morgan fingerprint density at radius 1 is 1.30 bits per heavy atom. The molecule has 0 atom stereocenters. The number of aromatic nitrogens is 5. The fraction of sp³-hybridized carbons (Fsp3) is 0.0833. The van der Waals surface area contributed by atoms with Crippen molar-refractivity contribution in [3.05, 3.63) is 47.9 Å². The van der Waals surface area contributed by atoms with Crippen molar-refractivity contribution in [3.63, 3.8) is 0 Å². The Hall–Kier alpha value is -2.90. The van der Waals surface area contributed by atoms with Crippen LogP contribution in [0.4, 0.5) is 4.39 Å². The summed E-state index contributed by atoms with van der Waals surface area (Å²) in [5.41, 5.74) is 0.872. The first-order valence-electron chi connectivity index (χ1n) is 5.68. The van der Waals surface area contributed by atoms with Gasteiger partial charge in [0.1, 0.15) is 18.1 Å². The summed E-state index contributed by atoms with van der Waals surface area (Å²) in [7, 11) is 0. The van der Waals surface area contributed by atoms with Crippen LogP contribution in [-0.2, 0) is 6.54 Å². The maximum atomic E-state index is 12.8. The van der Waals surface area contributed by atoms with Crippen LogP contribution in [0, 0.1) is 5.82 Å². The normalized spacial score (nSPS) is 10.7. The molecule has 0 unspecified atom stereocenters. The molecule has 1 aromatic carbocycles. The van der Waals surface area contributed by atoms with Gasteiger partial charge < -0.3 is 4.52 Å². The number of carbonyl (C=O) groups is 1. The molecular formula is C12H8FN5O2. The third-order valence-electron chi connectivity index (χ3n) is 2.54. The standard InChI is InChI=1S/C12H8FN5O2/c13-9-3-1-8(2-4-9)12-14-11(20-16-12)6-18-5-10(7-19)15-17-18/h1-5,7H,6H2. The summed E-state index contributed by atoms with van der Waals surface area (Å²) in [5, 5.41) is 11.2. The summed E-state index contributed by atoms with van der Waals surface area (Å²) in [6.07, 6.45) is 2.07. The highest BCUT2D eigenvalue weighted by Crippen LogP contribution is 2.16. The van der Waals surface area contributed by atoms with Gasteiger partial charge in [-0.2, -0.15) is 4.98 Å². The maximum absolute atomic E-state index is 12.8. The first kappa shape index (κ1) is 12.2. The number of rotatable bonds is 4. The fourth-order valence-corrected chi connectivity index (χ4v) is 1.62. The lowest BCUT2D eigenvalue weighted by Gasteiger charge is -1.93. The van der Waals surface area contributed by atoms with E-state index in [9.17, 15) is 9.18 Å². The molecule has 0 N–H and O–H groups in total. The van der Waals surface area contributed by atoms with E-state index in [1.165, 1.54) is 23.0 Å². The minimum atomic E-state index is -0.332. The van der Waals surface area contributed by atoms with Crippen molar-refractivity contribution in [3.8, 4) is 11.4 Å². The summed E-state index contributed by atoms with van der Waals surface area (Å²) in [6, 6.07) is 5.76. The number of hydrogen-bond acceptors (Lipinski definition) is 6. The van der Waals surface area contributed by atoms with Gasteiger partial charge in [0.2, 0.25) is 11.7 Å². The van der Waals surface area contributed by atoms with E-state index in [1.807, 2.05) is 0 Å². The quantitative estimate of drug-likeness (QED) is 0.666. The predicted molar refractivity (Wildman–Crippen MR) is 64.2 cm³/mol. The SMILES string of the molecule is O=Cc1cn(Cc2nc(-c3ccc(F)cc3)no2)nn1. The lowest BCUT2D eigenvalue weighted by molar-refractivity contribution is 0.111. The van der Waals surface area contributed by atoms with Crippen LogP contribution < -0.4 is 0 Å². The van der Waals surface area contributed by atoms with E-state index >= 15 is 0 Å². The van der Waals surface area contributed by atoms with E-state index in [4.69, 9.17) is 4.52 Å². The zero-order valence-electron chi connectivity index (χ0n) is 10.1. The van der Waals surface area contributed by atoms with E-state index in [-0.39, 0.29) is 18.1 Å². The predicted octanol–water partition coefficient (Wildman–Crippen LogP) is 1.33. The van der Waals surface area contributed by atoms with Crippen LogP contribution >= 0.6 is 0 Å². The number of aldehydes is 1. The molecule has 0 saturated heterocycles. The average Bonchev–Trinajstić information content (AvgIpc) is 3.09. The Kier molecular flexibility index (Phi) is 3.04. The molecule has 8 heteroatoms. The molecule has 20 heavy (non-hydrogen) atoms. The fourth-order valence-electron chi connectivity index (χ4n) is 1.62. The van der Waals surface area contributed by atoms with Gasteiger partial charge in [0.15, 0.2) is 6.29 Å². The van der Waals surface area contributed by atoms with Crippen molar-refractivity contribution in [1.29, 1.82) is 0 Å². The Bertz CT molecular complexity index is 734. The van der Waals surface area contributed by atoms with Crippen molar-refractivity contribution in [1.82, 2.24) is 25.1 Å². The maximum Gasteiger partial charge on any atom is 0.248 e. The zero-order valence-corrected chi connectivity index (χ0v) is 10.1. The summed E-state index contributed by atoms with van der Waals surface area (Å²) in [6.45, 7) is 0.203. The van der Waals surface area contributed by atoms with Gasteiger partial charge in [-0.05, 0) is 24.3 Å². The molecule has 2 heterocycles. The van der Waals surface area contributed by atoms with Crippen molar-refractivity contribution in [2.45, 2.75) is 6.54 Å². The Morgan fingerprint density at radius 2 is 2.10 bits per heavy atom. The smallest absolute Gasteiger partial charge is 0.248 e. The van der Waals surface area contributed by atoms with Crippen LogP contribution in [0.25, 0.3) is 11.4 Å². The number of benzene rings is 1. The molecule has 0 spiro atoms. The Labute approximate surface area is 112 Å². The number of halogens is 1. The summed E-state index contributed by atoms with van der Waals surface area (Å²) in [5.74, 6) is 0.337. The molecule has 3 aromatic rings. The Balaban J connectivity index is 1.79.